The van der Waals surface area contributed by atoms with Gasteiger partial charge in [-0.2, -0.15) is 4.98 Å². The zero-order valence-corrected chi connectivity index (χ0v) is 14.9. The van der Waals surface area contributed by atoms with Crippen molar-refractivity contribution >= 4 is 6.03 Å². The third kappa shape index (κ3) is 5.29. The van der Waals surface area contributed by atoms with Gasteiger partial charge in [-0.1, -0.05) is 50.0 Å². The van der Waals surface area contributed by atoms with Crippen LogP contribution in [0.25, 0.3) is 11.5 Å². The summed E-state index contributed by atoms with van der Waals surface area (Å²) in [5.74, 6) is 0.992. The van der Waals surface area contributed by atoms with Crippen LogP contribution in [0.1, 0.15) is 45.5 Å². The van der Waals surface area contributed by atoms with E-state index in [9.17, 15) is 9.90 Å². The molecule has 25 heavy (non-hydrogen) atoms. The molecule has 7 nitrogen and oxygen atoms in total. The molecule has 3 N–H and O–H groups in total. The highest BCUT2D eigenvalue weighted by Crippen LogP contribution is 2.18. The van der Waals surface area contributed by atoms with Gasteiger partial charge in [0, 0.05) is 12.1 Å². The van der Waals surface area contributed by atoms with Crippen LogP contribution >= 0.6 is 0 Å². The van der Waals surface area contributed by atoms with Crippen molar-refractivity contribution in [2.24, 2.45) is 5.92 Å². The van der Waals surface area contributed by atoms with Crippen molar-refractivity contribution in [3.8, 4) is 11.5 Å². The van der Waals surface area contributed by atoms with E-state index in [0.29, 0.717) is 11.7 Å². The summed E-state index contributed by atoms with van der Waals surface area (Å²) < 4.78 is 5.24. The number of carbonyl (C=O) groups excluding carboxylic acids is 1. The maximum atomic E-state index is 12.0. The molecule has 1 aromatic carbocycles. The summed E-state index contributed by atoms with van der Waals surface area (Å²) in [6, 6.07) is 8.66. The largest absolute Gasteiger partial charge is 0.391 e. The van der Waals surface area contributed by atoms with Crippen LogP contribution in [0.2, 0.25) is 0 Å². The van der Waals surface area contributed by atoms with E-state index in [-0.39, 0.29) is 18.5 Å². The minimum atomic E-state index is -0.550. The number of aromatic nitrogens is 2. The van der Waals surface area contributed by atoms with E-state index in [1.807, 2.05) is 44.2 Å². The van der Waals surface area contributed by atoms with Crippen molar-refractivity contribution in [2.45, 2.75) is 45.8 Å². The quantitative estimate of drug-likeness (QED) is 0.682. The molecule has 136 valence electrons. The van der Waals surface area contributed by atoms with Gasteiger partial charge in [-0.3, -0.25) is 0 Å². The van der Waals surface area contributed by atoms with E-state index in [0.717, 1.165) is 18.4 Å². The fourth-order valence-electron chi connectivity index (χ4n) is 2.62. The zero-order valence-electron chi connectivity index (χ0n) is 14.9. The summed E-state index contributed by atoms with van der Waals surface area (Å²) in [6.07, 6.45) is 1.20. The van der Waals surface area contributed by atoms with E-state index in [4.69, 9.17) is 4.52 Å². The molecule has 0 aliphatic heterocycles. The van der Waals surface area contributed by atoms with Crippen LogP contribution in [0.15, 0.2) is 34.9 Å². The molecule has 0 bridgehead atoms. The van der Waals surface area contributed by atoms with Gasteiger partial charge in [-0.05, 0) is 25.0 Å². The number of hydrogen-bond acceptors (Lipinski definition) is 5. The zero-order chi connectivity index (χ0) is 18.2. The van der Waals surface area contributed by atoms with Gasteiger partial charge in [0.05, 0.1) is 12.1 Å². The second kappa shape index (κ2) is 9.17. The summed E-state index contributed by atoms with van der Waals surface area (Å²) in [7, 11) is 0. The lowest BCUT2D eigenvalue weighted by atomic mass is 9.97. The van der Waals surface area contributed by atoms with Crippen molar-refractivity contribution < 1.29 is 14.4 Å². The van der Waals surface area contributed by atoms with Crippen molar-refractivity contribution in [1.29, 1.82) is 0 Å². The molecule has 2 rings (SSSR count). The highest BCUT2D eigenvalue weighted by molar-refractivity contribution is 5.74. The number of benzene rings is 1. The number of nitrogens with zero attached hydrogens (tertiary/aromatic N) is 2. The highest BCUT2D eigenvalue weighted by atomic mass is 16.5. The number of urea groups is 1. The summed E-state index contributed by atoms with van der Waals surface area (Å²) in [6.45, 7) is 6.04. The Morgan fingerprint density at radius 2 is 1.92 bits per heavy atom. The molecule has 2 unspecified atom stereocenters. The molecule has 0 aliphatic carbocycles. The lowest BCUT2D eigenvalue weighted by Gasteiger charge is -2.20. The Morgan fingerprint density at radius 1 is 1.24 bits per heavy atom. The number of hydrogen-bond donors (Lipinski definition) is 3. The van der Waals surface area contributed by atoms with E-state index >= 15 is 0 Å². The van der Waals surface area contributed by atoms with Crippen LogP contribution in [-0.2, 0) is 0 Å². The molecule has 0 fully saturated rings. The van der Waals surface area contributed by atoms with Crippen LogP contribution in [0.4, 0.5) is 4.79 Å². The van der Waals surface area contributed by atoms with Gasteiger partial charge >= 0.3 is 6.03 Å². The first kappa shape index (κ1) is 18.9. The predicted molar refractivity (Wildman–Crippen MR) is 94.8 cm³/mol. The number of nitrogens with one attached hydrogen (secondary N) is 2. The molecule has 7 heteroatoms. The Balaban J connectivity index is 1.86. The molecule has 1 aromatic heterocycles. The van der Waals surface area contributed by atoms with E-state index in [1.165, 1.54) is 0 Å². The lowest BCUT2D eigenvalue weighted by Crippen LogP contribution is -2.42. The molecule has 0 saturated carbocycles. The van der Waals surface area contributed by atoms with Gasteiger partial charge in [0.1, 0.15) is 0 Å². The summed E-state index contributed by atoms with van der Waals surface area (Å²) >= 11 is 0. The van der Waals surface area contributed by atoms with Crippen LogP contribution in [0.5, 0.6) is 0 Å². The minimum Gasteiger partial charge on any atom is -0.391 e. The van der Waals surface area contributed by atoms with Crippen LogP contribution in [0, 0.1) is 5.92 Å². The van der Waals surface area contributed by atoms with E-state index < -0.39 is 12.1 Å². The molecule has 1 heterocycles. The maximum Gasteiger partial charge on any atom is 0.315 e. The number of aliphatic hydroxyl groups excluding tert-OH is 1. The van der Waals surface area contributed by atoms with Gasteiger partial charge in [-0.15, -0.1) is 0 Å². The predicted octanol–water partition coefficient (Wildman–Crippen LogP) is 2.89. The SMILES string of the molecule is CCC(CC)C(O)CNC(=O)NC(C)c1noc(-c2ccccc2)n1. The first-order valence-corrected chi connectivity index (χ1v) is 8.66. The highest BCUT2D eigenvalue weighted by Gasteiger charge is 2.19. The number of amides is 2. The van der Waals surface area contributed by atoms with Gasteiger partial charge in [-0.25, -0.2) is 4.79 Å². The fourth-order valence-corrected chi connectivity index (χ4v) is 2.62. The third-order valence-corrected chi connectivity index (χ3v) is 4.26. The molecular weight excluding hydrogens is 320 g/mol. The monoisotopic (exact) mass is 346 g/mol. The number of aliphatic hydroxyl groups is 1. The minimum absolute atomic E-state index is 0.184. The van der Waals surface area contributed by atoms with Crippen molar-refractivity contribution in [3.05, 3.63) is 36.2 Å². The Bertz CT molecular complexity index is 655. The lowest BCUT2D eigenvalue weighted by molar-refractivity contribution is 0.103. The molecular formula is C18H26N4O3. The Hall–Kier alpha value is -2.41. The van der Waals surface area contributed by atoms with Crippen LogP contribution in [0.3, 0.4) is 0 Å². The van der Waals surface area contributed by atoms with Crippen molar-refractivity contribution in [2.75, 3.05) is 6.54 Å². The molecule has 2 atom stereocenters. The van der Waals surface area contributed by atoms with E-state index in [1.54, 1.807) is 6.92 Å². The topological polar surface area (TPSA) is 100 Å². The molecule has 0 radical (unpaired) electrons. The summed E-state index contributed by atoms with van der Waals surface area (Å²) in [4.78, 5) is 16.3. The average molecular weight is 346 g/mol. The van der Waals surface area contributed by atoms with Crippen LogP contribution in [-0.4, -0.2) is 33.9 Å². The average Bonchev–Trinajstić information content (AvgIpc) is 3.12. The van der Waals surface area contributed by atoms with Crippen molar-refractivity contribution in [1.82, 2.24) is 20.8 Å². The fraction of sp³-hybridized carbons (Fsp3) is 0.500. The first-order chi connectivity index (χ1) is 12.0. The Morgan fingerprint density at radius 3 is 2.56 bits per heavy atom. The second-order valence-electron chi connectivity index (χ2n) is 6.04. The molecule has 0 aliphatic rings. The Kier molecular flexibility index (Phi) is 6.94. The van der Waals surface area contributed by atoms with Gasteiger partial charge in [0.15, 0.2) is 5.82 Å². The standard InChI is InChI=1S/C18H26N4O3/c1-4-13(5-2)15(23)11-19-18(24)20-12(3)16-21-17(25-22-16)14-9-7-6-8-10-14/h6-10,12-13,15,23H,4-5,11H2,1-3H3,(H2,19,20,24). The second-order valence-corrected chi connectivity index (χ2v) is 6.04. The van der Waals surface area contributed by atoms with Gasteiger partial charge in [0.2, 0.25) is 0 Å². The molecule has 2 aromatic rings. The smallest absolute Gasteiger partial charge is 0.315 e. The molecule has 0 spiro atoms. The van der Waals surface area contributed by atoms with E-state index in [2.05, 4.69) is 20.8 Å². The number of carbonyl (C=O) groups is 1. The van der Waals surface area contributed by atoms with Crippen molar-refractivity contribution in [3.63, 3.8) is 0 Å². The van der Waals surface area contributed by atoms with Crippen LogP contribution < -0.4 is 10.6 Å². The third-order valence-electron chi connectivity index (χ3n) is 4.26. The Labute approximate surface area is 147 Å². The maximum absolute atomic E-state index is 12.0. The number of rotatable bonds is 8. The van der Waals surface area contributed by atoms with Gasteiger partial charge in [0.25, 0.3) is 5.89 Å². The summed E-state index contributed by atoms with van der Waals surface area (Å²) in [5.41, 5.74) is 0.825. The summed E-state index contributed by atoms with van der Waals surface area (Å²) in [5, 5.41) is 19.4. The first-order valence-electron chi connectivity index (χ1n) is 8.66. The molecule has 0 saturated heterocycles. The molecule has 2 amide bonds. The van der Waals surface area contributed by atoms with Gasteiger partial charge < -0.3 is 20.3 Å². The normalized spacial score (nSPS) is 13.5.